The van der Waals surface area contributed by atoms with Gasteiger partial charge in [0.2, 0.25) is 5.13 Å². The van der Waals surface area contributed by atoms with Crippen LogP contribution in [0.5, 0.6) is 0 Å². The van der Waals surface area contributed by atoms with Gasteiger partial charge in [0.15, 0.2) is 10.5 Å². The van der Waals surface area contributed by atoms with Crippen molar-refractivity contribution in [2.24, 2.45) is 4.99 Å². The number of nitrogens with zero attached hydrogens (tertiary/aromatic N) is 4. The van der Waals surface area contributed by atoms with Gasteiger partial charge in [0.1, 0.15) is 8.98 Å². The number of fused-ring (bicyclic) bond motifs is 1. The van der Waals surface area contributed by atoms with Crippen molar-refractivity contribution in [2.45, 2.75) is 0 Å². The van der Waals surface area contributed by atoms with Gasteiger partial charge in [0.05, 0.1) is 6.20 Å². The van der Waals surface area contributed by atoms with Crippen LogP contribution in [0.2, 0.25) is 0 Å². The Kier molecular flexibility index (Phi) is 4.17. The van der Waals surface area contributed by atoms with Gasteiger partial charge in [-0.3, -0.25) is 0 Å². The number of hydrogen-bond donors (Lipinski definition) is 0. The Morgan fingerprint density at radius 2 is 2.12 bits per heavy atom. The van der Waals surface area contributed by atoms with Crippen LogP contribution in [-0.4, -0.2) is 31.8 Å². The molecule has 16 heavy (non-hydrogen) atoms. The number of rotatable bonds is 1. The van der Waals surface area contributed by atoms with E-state index in [1.165, 1.54) is 11.3 Å². The minimum Gasteiger partial charge on any atom is -0.232 e. The highest BCUT2D eigenvalue weighted by molar-refractivity contribution is 9.10. The molecule has 4 nitrogen and oxygen atoms in total. The van der Waals surface area contributed by atoms with Crippen molar-refractivity contribution in [1.82, 2.24) is 15.0 Å². The van der Waals surface area contributed by atoms with Crippen LogP contribution in [0.25, 0.3) is 10.5 Å². The van der Waals surface area contributed by atoms with Crippen LogP contribution in [0, 0.1) is 0 Å². The first-order valence-corrected chi connectivity index (χ1v) is 8.24. The zero-order chi connectivity index (χ0) is 11.5. The predicted molar refractivity (Wildman–Crippen MR) is 77.0 cm³/mol. The van der Waals surface area contributed by atoms with Crippen molar-refractivity contribution >= 4 is 70.8 Å². The van der Waals surface area contributed by atoms with Crippen molar-refractivity contribution in [3.05, 3.63) is 10.8 Å². The van der Waals surface area contributed by atoms with E-state index in [0.29, 0.717) is 15.4 Å². The van der Waals surface area contributed by atoms with Crippen molar-refractivity contribution in [3.8, 4) is 0 Å². The zero-order valence-corrected chi connectivity index (χ0v) is 12.5. The summed E-state index contributed by atoms with van der Waals surface area (Å²) in [4.78, 5) is 18.0. The van der Waals surface area contributed by atoms with E-state index in [-0.39, 0.29) is 0 Å². The number of aromatic nitrogens is 3. The second kappa shape index (κ2) is 5.44. The Hall–Kier alpha value is -0.180. The molecular weight excluding hydrogens is 328 g/mol. The molecule has 0 aliphatic rings. The Bertz CT molecular complexity index is 533. The molecule has 0 fully saturated rings. The summed E-state index contributed by atoms with van der Waals surface area (Å²) in [6, 6.07) is 0. The zero-order valence-electron chi connectivity index (χ0n) is 8.47. The van der Waals surface area contributed by atoms with Crippen LogP contribution in [0.15, 0.2) is 15.8 Å². The van der Waals surface area contributed by atoms with E-state index in [1.807, 2.05) is 12.5 Å². The molecule has 2 heterocycles. The molecule has 0 aliphatic carbocycles. The average Bonchev–Trinajstić information content (AvgIpc) is 2.67. The van der Waals surface area contributed by atoms with Crippen LogP contribution in [0.3, 0.4) is 0 Å². The van der Waals surface area contributed by atoms with Gasteiger partial charge in [-0.25, -0.2) is 15.0 Å². The SMILES string of the molecule is CSC(=Nc1nc2ncc(Br)nc2s1)SC. The highest BCUT2D eigenvalue weighted by Gasteiger charge is 2.06. The first kappa shape index (κ1) is 12.3. The third-order valence-corrected chi connectivity index (χ3v) is 4.71. The second-order valence-corrected chi connectivity index (χ2v) is 6.22. The highest BCUT2D eigenvalue weighted by Crippen LogP contribution is 2.28. The normalized spacial score (nSPS) is 10.7. The Morgan fingerprint density at radius 1 is 1.38 bits per heavy atom. The van der Waals surface area contributed by atoms with E-state index in [9.17, 15) is 0 Å². The van der Waals surface area contributed by atoms with E-state index >= 15 is 0 Å². The number of hydrogen-bond acceptors (Lipinski definition) is 7. The lowest BCUT2D eigenvalue weighted by molar-refractivity contribution is 1.23. The van der Waals surface area contributed by atoms with Crippen molar-refractivity contribution < 1.29 is 0 Å². The summed E-state index contributed by atoms with van der Waals surface area (Å²) < 4.78 is 1.70. The molecule has 0 saturated carbocycles. The van der Waals surface area contributed by atoms with Gasteiger partial charge in [-0.05, 0) is 28.4 Å². The van der Waals surface area contributed by atoms with Crippen molar-refractivity contribution in [3.63, 3.8) is 0 Å². The van der Waals surface area contributed by atoms with Gasteiger partial charge >= 0.3 is 0 Å². The quantitative estimate of drug-likeness (QED) is 0.589. The molecule has 0 spiro atoms. The fraction of sp³-hybridized carbons (Fsp3) is 0.250. The standard InChI is InChI=1S/C8H7BrN4S3/c1-14-8(15-2)13-7-12-5-6(16-7)11-4(9)3-10-5/h3H,1-2H3. The van der Waals surface area contributed by atoms with Gasteiger partial charge in [0.25, 0.3) is 0 Å². The molecule has 2 aromatic heterocycles. The second-order valence-electron chi connectivity index (χ2n) is 2.60. The van der Waals surface area contributed by atoms with Gasteiger partial charge in [-0.2, -0.15) is 4.98 Å². The van der Waals surface area contributed by atoms with Gasteiger partial charge in [-0.15, -0.1) is 23.5 Å². The molecule has 0 N–H and O–H groups in total. The number of thioether (sulfide) groups is 2. The number of halogens is 1. The Morgan fingerprint density at radius 3 is 2.81 bits per heavy atom. The van der Waals surface area contributed by atoms with Gasteiger partial charge in [-0.1, -0.05) is 11.3 Å². The van der Waals surface area contributed by atoms with Crippen LogP contribution in [0.4, 0.5) is 5.13 Å². The third-order valence-electron chi connectivity index (χ3n) is 1.62. The molecule has 0 radical (unpaired) electrons. The summed E-state index contributed by atoms with van der Waals surface area (Å²) in [7, 11) is 0. The first-order valence-electron chi connectivity index (χ1n) is 4.18. The van der Waals surface area contributed by atoms with Gasteiger partial charge < -0.3 is 0 Å². The molecule has 0 unspecified atom stereocenters. The number of thiazole rings is 1. The lowest BCUT2D eigenvalue weighted by Crippen LogP contribution is -1.81. The molecule has 0 saturated heterocycles. The topological polar surface area (TPSA) is 51.0 Å². The molecular formula is C8H7BrN4S3. The summed E-state index contributed by atoms with van der Waals surface area (Å²) in [5.41, 5.74) is 0.647. The Labute approximate surface area is 114 Å². The van der Waals surface area contributed by atoms with Crippen LogP contribution >= 0.6 is 50.8 Å². The lowest BCUT2D eigenvalue weighted by atomic mass is 10.7. The summed E-state index contributed by atoms with van der Waals surface area (Å²) in [6.07, 6.45) is 5.63. The molecule has 84 valence electrons. The number of aliphatic imine (C=N–C) groups is 1. The lowest BCUT2D eigenvalue weighted by Gasteiger charge is -1.93. The van der Waals surface area contributed by atoms with Crippen molar-refractivity contribution in [2.75, 3.05) is 12.5 Å². The first-order chi connectivity index (χ1) is 7.72. The van der Waals surface area contributed by atoms with Gasteiger partial charge in [0, 0.05) is 0 Å². The fourth-order valence-corrected chi connectivity index (χ4v) is 3.30. The average molecular weight is 335 g/mol. The van der Waals surface area contributed by atoms with E-state index in [0.717, 1.165) is 9.21 Å². The van der Waals surface area contributed by atoms with Crippen LogP contribution in [0.1, 0.15) is 0 Å². The van der Waals surface area contributed by atoms with E-state index in [4.69, 9.17) is 0 Å². The monoisotopic (exact) mass is 334 g/mol. The smallest absolute Gasteiger partial charge is 0.214 e. The van der Waals surface area contributed by atoms with E-state index < -0.39 is 0 Å². The Balaban J connectivity index is 2.43. The molecule has 0 atom stereocenters. The van der Waals surface area contributed by atoms with E-state index in [2.05, 4.69) is 35.9 Å². The molecule has 0 aromatic carbocycles. The summed E-state index contributed by atoms with van der Waals surface area (Å²) in [6.45, 7) is 0. The summed E-state index contributed by atoms with van der Waals surface area (Å²) >= 11 is 7.94. The van der Waals surface area contributed by atoms with Crippen LogP contribution < -0.4 is 0 Å². The fourth-order valence-electron chi connectivity index (χ4n) is 0.991. The van der Waals surface area contributed by atoms with Crippen LogP contribution in [-0.2, 0) is 0 Å². The molecule has 0 aliphatic heterocycles. The highest BCUT2D eigenvalue weighted by atomic mass is 79.9. The minimum atomic E-state index is 0.647. The molecule has 0 amide bonds. The molecule has 8 heteroatoms. The molecule has 2 aromatic rings. The maximum atomic E-state index is 4.42. The summed E-state index contributed by atoms with van der Waals surface area (Å²) in [5, 5.41) is 0.701. The summed E-state index contributed by atoms with van der Waals surface area (Å²) in [5.74, 6) is 0. The van der Waals surface area contributed by atoms with Crippen molar-refractivity contribution in [1.29, 1.82) is 0 Å². The van der Waals surface area contributed by atoms with E-state index in [1.54, 1.807) is 29.7 Å². The third kappa shape index (κ3) is 2.73. The largest absolute Gasteiger partial charge is 0.232 e. The predicted octanol–water partition coefficient (Wildman–Crippen LogP) is 3.56. The molecule has 2 rings (SSSR count). The maximum absolute atomic E-state index is 4.42. The minimum absolute atomic E-state index is 0.647. The maximum Gasteiger partial charge on any atom is 0.214 e. The molecule has 0 bridgehead atoms.